The molecule has 1 aromatic heterocycles. The average molecular weight is 443 g/mol. The molecule has 1 unspecified atom stereocenters. The molecular formula is C27H30N4O2. The minimum atomic E-state index is -0.154. The number of nitrogens with zero attached hydrogens (tertiary/aromatic N) is 2. The van der Waals surface area contributed by atoms with Gasteiger partial charge < -0.3 is 10.6 Å². The number of fused-ring (bicyclic) bond motifs is 1. The van der Waals surface area contributed by atoms with Crippen LogP contribution in [0.2, 0.25) is 0 Å². The molecule has 2 amide bonds. The molecule has 0 spiro atoms. The van der Waals surface area contributed by atoms with Crippen LogP contribution in [0.1, 0.15) is 58.6 Å². The Labute approximate surface area is 194 Å². The molecule has 3 aromatic rings. The quantitative estimate of drug-likeness (QED) is 0.547. The monoisotopic (exact) mass is 442 g/mol. The first-order valence-electron chi connectivity index (χ1n) is 11.3. The van der Waals surface area contributed by atoms with Crippen LogP contribution in [0.25, 0.3) is 6.08 Å². The topological polar surface area (TPSA) is 76.0 Å². The molecule has 33 heavy (non-hydrogen) atoms. The third-order valence-electron chi connectivity index (χ3n) is 6.18. The van der Waals surface area contributed by atoms with Gasteiger partial charge in [-0.25, -0.2) is 0 Å². The molecule has 6 nitrogen and oxygen atoms in total. The number of aromatic nitrogens is 2. The van der Waals surface area contributed by atoms with Gasteiger partial charge in [-0.3, -0.25) is 14.3 Å². The molecule has 0 aliphatic carbocycles. The Kier molecular flexibility index (Phi) is 6.45. The van der Waals surface area contributed by atoms with Gasteiger partial charge in [0.15, 0.2) is 0 Å². The van der Waals surface area contributed by atoms with E-state index in [-0.39, 0.29) is 17.9 Å². The van der Waals surface area contributed by atoms with E-state index in [0.717, 1.165) is 40.2 Å². The minimum Gasteiger partial charge on any atom is -0.346 e. The number of amides is 2. The summed E-state index contributed by atoms with van der Waals surface area (Å²) in [5, 5.41) is 10.6. The number of rotatable bonds is 6. The van der Waals surface area contributed by atoms with Crippen molar-refractivity contribution in [1.82, 2.24) is 15.1 Å². The Bertz CT molecular complexity index is 1220. The molecule has 0 saturated carbocycles. The highest BCUT2D eigenvalue weighted by atomic mass is 16.2. The molecule has 0 fully saturated rings. The molecule has 0 radical (unpaired) electrons. The molecule has 6 heteroatoms. The highest BCUT2D eigenvalue weighted by Gasteiger charge is 2.17. The third kappa shape index (κ3) is 5.22. The lowest BCUT2D eigenvalue weighted by Gasteiger charge is -2.20. The van der Waals surface area contributed by atoms with Gasteiger partial charge in [0.05, 0.1) is 18.3 Å². The Morgan fingerprint density at radius 1 is 1.15 bits per heavy atom. The van der Waals surface area contributed by atoms with E-state index in [1.54, 1.807) is 6.08 Å². The van der Waals surface area contributed by atoms with Gasteiger partial charge in [-0.15, -0.1) is 0 Å². The molecule has 2 aromatic carbocycles. The molecular weight excluding hydrogens is 412 g/mol. The summed E-state index contributed by atoms with van der Waals surface area (Å²) < 4.78 is 1.98. The summed E-state index contributed by atoms with van der Waals surface area (Å²) in [6.45, 7) is 8.73. The summed E-state index contributed by atoms with van der Waals surface area (Å²) in [7, 11) is 0. The fraction of sp³-hybridized carbons (Fsp3) is 0.296. The van der Waals surface area contributed by atoms with Crippen molar-refractivity contribution >= 4 is 23.6 Å². The summed E-state index contributed by atoms with van der Waals surface area (Å²) in [5.74, 6) is -0.104. The van der Waals surface area contributed by atoms with Crippen LogP contribution in [0.3, 0.4) is 0 Å². The molecule has 0 bridgehead atoms. The van der Waals surface area contributed by atoms with Crippen molar-refractivity contribution in [1.29, 1.82) is 0 Å². The minimum absolute atomic E-state index is 0.0505. The molecule has 2 heterocycles. The zero-order valence-electron chi connectivity index (χ0n) is 19.6. The van der Waals surface area contributed by atoms with Crippen LogP contribution in [-0.2, 0) is 22.6 Å². The van der Waals surface area contributed by atoms with Crippen LogP contribution in [0.5, 0.6) is 0 Å². The van der Waals surface area contributed by atoms with Gasteiger partial charge in [0.1, 0.15) is 0 Å². The van der Waals surface area contributed by atoms with E-state index < -0.39 is 0 Å². The SMILES string of the molecule is Cc1ccc(Cn2nc(C)c(C=CC(=O)NC(C)c3ccc4c(c3)CCC(=O)N4)c2C)cc1. The van der Waals surface area contributed by atoms with Gasteiger partial charge >= 0.3 is 0 Å². The van der Waals surface area contributed by atoms with E-state index in [2.05, 4.69) is 53.0 Å². The van der Waals surface area contributed by atoms with Crippen molar-refractivity contribution in [3.8, 4) is 0 Å². The Balaban J connectivity index is 1.42. The number of anilines is 1. The lowest BCUT2D eigenvalue weighted by atomic mass is 9.98. The van der Waals surface area contributed by atoms with E-state index in [0.29, 0.717) is 13.0 Å². The second-order valence-corrected chi connectivity index (χ2v) is 8.76. The van der Waals surface area contributed by atoms with Crippen LogP contribution < -0.4 is 10.6 Å². The van der Waals surface area contributed by atoms with E-state index in [9.17, 15) is 9.59 Å². The maximum absolute atomic E-state index is 12.6. The van der Waals surface area contributed by atoms with Crippen molar-refractivity contribution in [2.24, 2.45) is 0 Å². The summed E-state index contributed by atoms with van der Waals surface area (Å²) in [5.41, 5.74) is 8.31. The van der Waals surface area contributed by atoms with Crippen LogP contribution >= 0.6 is 0 Å². The first kappa shape index (κ1) is 22.5. The first-order chi connectivity index (χ1) is 15.8. The molecule has 170 valence electrons. The predicted molar refractivity (Wildman–Crippen MR) is 131 cm³/mol. The van der Waals surface area contributed by atoms with Crippen molar-refractivity contribution < 1.29 is 9.59 Å². The lowest BCUT2D eigenvalue weighted by molar-refractivity contribution is -0.117. The van der Waals surface area contributed by atoms with Crippen LogP contribution in [0.15, 0.2) is 48.5 Å². The second-order valence-electron chi connectivity index (χ2n) is 8.76. The summed E-state index contributed by atoms with van der Waals surface area (Å²) in [6, 6.07) is 14.2. The van der Waals surface area contributed by atoms with Crippen LogP contribution in [-0.4, -0.2) is 21.6 Å². The van der Waals surface area contributed by atoms with Gasteiger partial charge in [-0.2, -0.15) is 5.10 Å². The number of aryl methyl sites for hydroxylation is 3. The Hall–Kier alpha value is -3.67. The maximum Gasteiger partial charge on any atom is 0.244 e. The van der Waals surface area contributed by atoms with Crippen molar-refractivity contribution in [3.05, 3.63) is 87.7 Å². The Morgan fingerprint density at radius 2 is 1.91 bits per heavy atom. The van der Waals surface area contributed by atoms with E-state index in [4.69, 9.17) is 0 Å². The summed E-state index contributed by atoms with van der Waals surface area (Å²) in [6.07, 6.45) is 4.63. The standard InChI is InChI=1S/C27H30N4O2/c1-17-5-7-21(8-6-17)16-31-20(4)24(19(3)30-31)11-14-26(32)28-18(2)22-9-12-25-23(15-22)10-13-27(33)29-25/h5-9,11-12,14-15,18H,10,13,16H2,1-4H3,(H,28,32)(H,29,33). The fourth-order valence-electron chi connectivity index (χ4n) is 4.15. The van der Waals surface area contributed by atoms with Gasteiger partial charge in [-0.1, -0.05) is 42.0 Å². The highest BCUT2D eigenvalue weighted by molar-refractivity contribution is 5.94. The number of nitrogens with one attached hydrogen (secondary N) is 2. The Morgan fingerprint density at radius 3 is 2.67 bits per heavy atom. The summed E-state index contributed by atoms with van der Waals surface area (Å²) in [4.78, 5) is 24.2. The molecule has 4 rings (SSSR count). The van der Waals surface area contributed by atoms with Crippen molar-refractivity contribution in [2.45, 2.75) is 53.1 Å². The van der Waals surface area contributed by atoms with Gasteiger partial charge in [0, 0.05) is 29.4 Å². The van der Waals surface area contributed by atoms with E-state index in [1.807, 2.05) is 43.7 Å². The number of carbonyl (C=O) groups is 2. The van der Waals surface area contributed by atoms with Gasteiger partial charge in [0.2, 0.25) is 11.8 Å². The lowest BCUT2D eigenvalue weighted by Crippen LogP contribution is -2.25. The van der Waals surface area contributed by atoms with Crippen molar-refractivity contribution in [2.75, 3.05) is 5.32 Å². The van der Waals surface area contributed by atoms with Gasteiger partial charge in [0.25, 0.3) is 0 Å². The molecule has 1 atom stereocenters. The third-order valence-corrected chi connectivity index (χ3v) is 6.18. The zero-order valence-corrected chi connectivity index (χ0v) is 19.6. The normalized spacial score (nSPS) is 14.1. The van der Waals surface area contributed by atoms with E-state index in [1.165, 1.54) is 11.1 Å². The number of hydrogen-bond donors (Lipinski definition) is 2. The summed E-state index contributed by atoms with van der Waals surface area (Å²) >= 11 is 0. The van der Waals surface area contributed by atoms with E-state index >= 15 is 0 Å². The number of carbonyl (C=O) groups excluding carboxylic acids is 2. The largest absolute Gasteiger partial charge is 0.346 e. The van der Waals surface area contributed by atoms with Crippen molar-refractivity contribution in [3.63, 3.8) is 0 Å². The smallest absolute Gasteiger partial charge is 0.244 e. The second kappa shape index (κ2) is 9.45. The predicted octanol–water partition coefficient (Wildman–Crippen LogP) is 4.63. The van der Waals surface area contributed by atoms with Gasteiger partial charge in [-0.05, 0) is 62.9 Å². The van der Waals surface area contributed by atoms with Crippen LogP contribution in [0.4, 0.5) is 5.69 Å². The first-order valence-corrected chi connectivity index (χ1v) is 11.3. The number of benzene rings is 2. The molecule has 1 aliphatic heterocycles. The molecule has 1 aliphatic rings. The maximum atomic E-state index is 12.6. The fourth-order valence-corrected chi connectivity index (χ4v) is 4.15. The average Bonchev–Trinajstić information content (AvgIpc) is 3.05. The molecule has 2 N–H and O–H groups in total. The number of hydrogen-bond acceptors (Lipinski definition) is 3. The zero-order chi connectivity index (χ0) is 23.5. The van der Waals surface area contributed by atoms with Crippen LogP contribution in [0, 0.1) is 20.8 Å². The highest BCUT2D eigenvalue weighted by Crippen LogP contribution is 2.26. The molecule has 0 saturated heterocycles.